The van der Waals surface area contributed by atoms with Crippen molar-refractivity contribution in [2.24, 2.45) is 0 Å². The number of hydrogen-bond donors (Lipinski definition) is 1. The predicted octanol–water partition coefficient (Wildman–Crippen LogP) is 3.87. The van der Waals surface area contributed by atoms with Crippen LogP contribution in [0.25, 0.3) is 11.1 Å². The molecule has 0 aliphatic heterocycles. The molecule has 19 heavy (non-hydrogen) atoms. The molecule has 0 saturated heterocycles. The molecule has 3 rings (SSSR count). The molecule has 1 aliphatic rings. The fourth-order valence-electron chi connectivity index (χ4n) is 2.60. The number of nitrogens with one attached hydrogen (secondary N) is 1. The molecule has 0 heterocycles. The fourth-order valence-corrected chi connectivity index (χ4v) is 2.60. The Morgan fingerprint density at radius 1 is 1.11 bits per heavy atom. The third kappa shape index (κ3) is 1.89. The SMILES string of the molecule is CCC(=N)C(=O)c1ccc2c(c1)-c1ccccc1C2. The summed E-state index contributed by atoms with van der Waals surface area (Å²) in [7, 11) is 0. The Kier molecular flexibility index (Phi) is 2.79. The number of rotatable bonds is 3. The molecule has 0 radical (unpaired) electrons. The van der Waals surface area contributed by atoms with E-state index in [2.05, 4.69) is 12.1 Å². The first-order valence-corrected chi connectivity index (χ1v) is 6.54. The van der Waals surface area contributed by atoms with E-state index in [1.54, 1.807) is 0 Å². The zero-order valence-electron chi connectivity index (χ0n) is 10.9. The van der Waals surface area contributed by atoms with E-state index in [-0.39, 0.29) is 11.5 Å². The molecule has 0 atom stereocenters. The lowest BCUT2D eigenvalue weighted by Gasteiger charge is -2.05. The normalized spacial score (nSPS) is 11.8. The Labute approximate surface area is 112 Å². The molecule has 2 aromatic rings. The smallest absolute Gasteiger partial charge is 0.206 e. The fraction of sp³-hybridized carbons (Fsp3) is 0.176. The molecular weight excluding hydrogens is 234 g/mol. The van der Waals surface area contributed by atoms with Gasteiger partial charge in [0, 0.05) is 5.56 Å². The van der Waals surface area contributed by atoms with Gasteiger partial charge in [0.1, 0.15) is 0 Å². The first kappa shape index (κ1) is 11.8. The highest BCUT2D eigenvalue weighted by molar-refractivity contribution is 6.44. The van der Waals surface area contributed by atoms with Gasteiger partial charge in [-0.3, -0.25) is 4.79 Å². The Morgan fingerprint density at radius 2 is 1.84 bits per heavy atom. The Balaban J connectivity index is 2.07. The molecule has 0 amide bonds. The van der Waals surface area contributed by atoms with E-state index in [9.17, 15) is 4.79 Å². The van der Waals surface area contributed by atoms with Gasteiger partial charge in [-0.25, -0.2) is 0 Å². The van der Waals surface area contributed by atoms with Crippen molar-refractivity contribution in [2.45, 2.75) is 19.8 Å². The first-order valence-electron chi connectivity index (χ1n) is 6.54. The second-order valence-electron chi connectivity index (χ2n) is 4.87. The van der Waals surface area contributed by atoms with Crippen LogP contribution in [0.2, 0.25) is 0 Å². The van der Waals surface area contributed by atoms with Gasteiger partial charge < -0.3 is 5.41 Å². The molecule has 2 aromatic carbocycles. The largest absolute Gasteiger partial charge is 0.301 e. The number of carbonyl (C=O) groups excluding carboxylic acids is 1. The monoisotopic (exact) mass is 249 g/mol. The Hall–Kier alpha value is -2.22. The van der Waals surface area contributed by atoms with Crippen LogP contribution < -0.4 is 0 Å². The zero-order valence-corrected chi connectivity index (χ0v) is 10.9. The van der Waals surface area contributed by atoms with Crippen molar-refractivity contribution in [1.82, 2.24) is 0 Å². The minimum Gasteiger partial charge on any atom is -0.301 e. The lowest BCUT2D eigenvalue weighted by atomic mass is 9.98. The van der Waals surface area contributed by atoms with Crippen LogP contribution in [0.4, 0.5) is 0 Å². The van der Waals surface area contributed by atoms with Gasteiger partial charge in [0.25, 0.3) is 0 Å². The van der Waals surface area contributed by atoms with Crippen LogP contribution in [0.3, 0.4) is 0 Å². The van der Waals surface area contributed by atoms with Gasteiger partial charge in [0.15, 0.2) is 0 Å². The van der Waals surface area contributed by atoms with Crippen LogP contribution in [0.5, 0.6) is 0 Å². The highest BCUT2D eigenvalue weighted by atomic mass is 16.1. The van der Waals surface area contributed by atoms with E-state index < -0.39 is 0 Å². The number of carbonyl (C=O) groups is 1. The van der Waals surface area contributed by atoms with Gasteiger partial charge in [0.2, 0.25) is 5.78 Å². The van der Waals surface area contributed by atoms with Crippen molar-refractivity contribution in [3.8, 4) is 11.1 Å². The molecule has 0 spiro atoms. The van der Waals surface area contributed by atoms with Crippen molar-refractivity contribution in [3.63, 3.8) is 0 Å². The van der Waals surface area contributed by atoms with Gasteiger partial charge in [0.05, 0.1) is 5.71 Å². The van der Waals surface area contributed by atoms with E-state index >= 15 is 0 Å². The average Bonchev–Trinajstić information content (AvgIpc) is 2.83. The number of benzene rings is 2. The Bertz CT molecular complexity index is 685. The van der Waals surface area contributed by atoms with Crippen molar-refractivity contribution >= 4 is 11.5 Å². The maximum atomic E-state index is 12.1. The molecule has 0 fully saturated rings. The molecule has 1 aliphatic carbocycles. The molecule has 2 nitrogen and oxygen atoms in total. The molecule has 2 heteroatoms. The van der Waals surface area contributed by atoms with Gasteiger partial charge >= 0.3 is 0 Å². The first-order chi connectivity index (χ1) is 9.20. The Morgan fingerprint density at radius 3 is 2.63 bits per heavy atom. The molecular formula is C17H15NO. The van der Waals surface area contributed by atoms with E-state index in [0.29, 0.717) is 12.0 Å². The maximum absolute atomic E-state index is 12.1. The third-order valence-corrected chi connectivity index (χ3v) is 3.69. The highest BCUT2D eigenvalue weighted by Crippen LogP contribution is 2.36. The topological polar surface area (TPSA) is 40.9 Å². The van der Waals surface area contributed by atoms with Gasteiger partial charge in [-0.05, 0) is 41.2 Å². The van der Waals surface area contributed by atoms with E-state index in [1.165, 1.54) is 16.7 Å². The molecule has 0 aromatic heterocycles. The molecule has 0 unspecified atom stereocenters. The zero-order chi connectivity index (χ0) is 13.4. The summed E-state index contributed by atoms with van der Waals surface area (Å²) in [6.45, 7) is 1.84. The molecule has 1 N–H and O–H groups in total. The third-order valence-electron chi connectivity index (χ3n) is 3.69. The van der Waals surface area contributed by atoms with Crippen LogP contribution >= 0.6 is 0 Å². The summed E-state index contributed by atoms with van der Waals surface area (Å²) >= 11 is 0. The van der Waals surface area contributed by atoms with Crippen molar-refractivity contribution in [2.75, 3.05) is 0 Å². The van der Waals surface area contributed by atoms with Crippen LogP contribution in [0.1, 0.15) is 34.8 Å². The highest BCUT2D eigenvalue weighted by Gasteiger charge is 2.20. The number of Topliss-reactive ketones (excluding diaryl/α,β-unsaturated/α-hetero) is 1. The van der Waals surface area contributed by atoms with E-state index in [4.69, 9.17) is 5.41 Å². The summed E-state index contributed by atoms with van der Waals surface area (Å²) < 4.78 is 0. The summed E-state index contributed by atoms with van der Waals surface area (Å²) in [6.07, 6.45) is 1.41. The van der Waals surface area contributed by atoms with Crippen molar-refractivity contribution < 1.29 is 4.79 Å². The summed E-state index contributed by atoms with van der Waals surface area (Å²) in [6, 6.07) is 14.1. The summed E-state index contributed by atoms with van der Waals surface area (Å²) in [5, 5.41) is 7.67. The van der Waals surface area contributed by atoms with Crippen LogP contribution in [0, 0.1) is 5.41 Å². The second kappa shape index (κ2) is 4.47. The van der Waals surface area contributed by atoms with Crippen molar-refractivity contribution in [1.29, 1.82) is 5.41 Å². The van der Waals surface area contributed by atoms with Gasteiger partial charge in [-0.1, -0.05) is 43.3 Å². The summed E-state index contributed by atoms with van der Waals surface area (Å²) in [5.74, 6) is -0.158. The predicted molar refractivity (Wildman–Crippen MR) is 77.0 cm³/mol. The van der Waals surface area contributed by atoms with Crippen LogP contribution in [0.15, 0.2) is 42.5 Å². The lowest BCUT2D eigenvalue weighted by Crippen LogP contribution is -2.11. The number of ketones is 1. The second-order valence-corrected chi connectivity index (χ2v) is 4.87. The average molecular weight is 249 g/mol. The van der Waals surface area contributed by atoms with E-state index in [1.807, 2.05) is 37.3 Å². The van der Waals surface area contributed by atoms with E-state index in [0.717, 1.165) is 12.0 Å². The van der Waals surface area contributed by atoms with Crippen LogP contribution in [-0.2, 0) is 6.42 Å². The van der Waals surface area contributed by atoms with Crippen molar-refractivity contribution in [3.05, 3.63) is 59.2 Å². The number of hydrogen-bond acceptors (Lipinski definition) is 2. The standard InChI is InChI=1S/C17H15NO/c1-2-16(18)17(19)13-8-7-12-9-11-5-3-4-6-14(11)15(12)10-13/h3-8,10,18H,2,9H2,1H3. The summed E-state index contributed by atoms with van der Waals surface area (Å²) in [5.41, 5.74) is 5.74. The maximum Gasteiger partial charge on any atom is 0.206 e. The lowest BCUT2D eigenvalue weighted by molar-refractivity contribution is 0.106. The summed E-state index contributed by atoms with van der Waals surface area (Å²) in [4.78, 5) is 12.1. The van der Waals surface area contributed by atoms with Crippen LogP contribution in [-0.4, -0.2) is 11.5 Å². The van der Waals surface area contributed by atoms with Gasteiger partial charge in [-0.2, -0.15) is 0 Å². The molecule has 94 valence electrons. The molecule has 0 bridgehead atoms. The van der Waals surface area contributed by atoms with Gasteiger partial charge in [-0.15, -0.1) is 0 Å². The quantitative estimate of drug-likeness (QED) is 0.555. The molecule has 0 saturated carbocycles. The minimum absolute atomic E-state index is 0.158. The minimum atomic E-state index is -0.158. The number of fused-ring (bicyclic) bond motifs is 3.